The predicted octanol–water partition coefficient (Wildman–Crippen LogP) is 3.31. The van der Waals surface area contributed by atoms with E-state index in [1.807, 2.05) is 48.6 Å². The lowest BCUT2D eigenvalue weighted by Gasteiger charge is -2.49. The number of rotatable bonds is 3. The summed E-state index contributed by atoms with van der Waals surface area (Å²) in [6.07, 6.45) is 7.10. The summed E-state index contributed by atoms with van der Waals surface area (Å²) in [6, 6.07) is 14.5. The fraction of sp³-hybridized carbons (Fsp3) is 0.455. The summed E-state index contributed by atoms with van der Waals surface area (Å²) in [5.74, 6) is 0.291. The molecular formula is C22H27N3O. The van der Waals surface area contributed by atoms with Crippen LogP contribution in [0.1, 0.15) is 36.3 Å². The van der Waals surface area contributed by atoms with Crippen molar-refractivity contribution >= 4 is 5.91 Å². The van der Waals surface area contributed by atoms with Crippen molar-refractivity contribution in [2.75, 3.05) is 26.7 Å². The summed E-state index contributed by atoms with van der Waals surface area (Å²) in [5.41, 5.74) is 2.71. The molecule has 1 aromatic carbocycles. The monoisotopic (exact) mass is 349 g/mol. The van der Waals surface area contributed by atoms with E-state index in [0.29, 0.717) is 0 Å². The van der Waals surface area contributed by atoms with Crippen LogP contribution in [0.2, 0.25) is 0 Å². The number of hydrogen-bond acceptors (Lipinski definition) is 3. The molecule has 2 fully saturated rings. The van der Waals surface area contributed by atoms with Gasteiger partial charge in [-0.25, -0.2) is 0 Å². The maximum Gasteiger partial charge on any atom is 0.229 e. The number of carbonyl (C=O) groups excluding carboxylic acids is 1. The van der Waals surface area contributed by atoms with Crippen LogP contribution in [-0.4, -0.2) is 47.4 Å². The van der Waals surface area contributed by atoms with Gasteiger partial charge in [0.2, 0.25) is 5.91 Å². The van der Waals surface area contributed by atoms with Gasteiger partial charge in [-0.05, 0) is 55.0 Å². The molecule has 136 valence electrons. The van der Waals surface area contributed by atoms with E-state index in [0.717, 1.165) is 45.4 Å². The third-order valence-electron chi connectivity index (χ3n) is 6.13. The van der Waals surface area contributed by atoms with Crippen molar-refractivity contribution in [3.05, 3.63) is 66.0 Å². The van der Waals surface area contributed by atoms with Crippen molar-refractivity contribution in [2.24, 2.45) is 5.41 Å². The SMILES string of the molecule is CN1CC2(CCN(Cc3cccnc3)CC2)CC(c2ccccc2)C1=O. The molecule has 26 heavy (non-hydrogen) atoms. The zero-order chi connectivity index (χ0) is 18.0. The molecule has 1 amide bonds. The lowest BCUT2D eigenvalue weighted by Crippen LogP contribution is -2.52. The number of aromatic nitrogens is 1. The van der Waals surface area contributed by atoms with Crippen molar-refractivity contribution in [3.63, 3.8) is 0 Å². The molecular weight excluding hydrogens is 322 g/mol. The smallest absolute Gasteiger partial charge is 0.229 e. The number of likely N-dealkylation sites (N-methyl/N-ethyl adjacent to an activating group) is 1. The average molecular weight is 349 g/mol. The highest BCUT2D eigenvalue weighted by Crippen LogP contribution is 2.45. The molecule has 1 atom stereocenters. The van der Waals surface area contributed by atoms with E-state index in [2.05, 4.69) is 28.1 Å². The van der Waals surface area contributed by atoms with E-state index in [1.54, 1.807) is 0 Å². The Morgan fingerprint density at radius 3 is 2.58 bits per heavy atom. The molecule has 0 radical (unpaired) electrons. The largest absolute Gasteiger partial charge is 0.345 e. The van der Waals surface area contributed by atoms with Crippen molar-refractivity contribution in [1.29, 1.82) is 0 Å². The maximum atomic E-state index is 12.8. The Morgan fingerprint density at radius 2 is 1.88 bits per heavy atom. The van der Waals surface area contributed by atoms with Gasteiger partial charge in [0.05, 0.1) is 5.92 Å². The summed E-state index contributed by atoms with van der Waals surface area (Å²) in [4.78, 5) is 21.5. The lowest BCUT2D eigenvalue weighted by molar-refractivity contribution is -0.139. The van der Waals surface area contributed by atoms with E-state index >= 15 is 0 Å². The fourth-order valence-corrected chi connectivity index (χ4v) is 4.68. The Labute approximate surface area is 155 Å². The number of amides is 1. The van der Waals surface area contributed by atoms with E-state index in [9.17, 15) is 4.79 Å². The molecule has 2 aromatic rings. The molecule has 0 N–H and O–H groups in total. The van der Waals surface area contributed by atoms with E-state index in [4.69, 9.17) is 0 Å². The highest BCUT2D eigenvalue weighted by atomic mass is 16.2. The van der Waals surface area contributed by atoms with Crippen molar-refractivity contribution in [3.8, 4) is 0 Å². The Bertz CT molecular complexity index is 738. The Morgan fingerprint density at radius 1 is 1.12 bits per heavy atom. The second-order valence-corrected chi connectivity index (χ2v) is 8.00. The second kappa shape index (κ2) is 7.20. The number of piperidine rings is 2. The number of likely N-dealkylation sites (tertiary alicyclic amines) is 2. The van der Waals surface area contributed by atoms with Gasteiger partial charge < -0.3 is 4.90 Å². The van der Waals surface area contributed by atoms with Gasteiger partial charge in [0.25, 0.3) is 0 Å². The minimum atomic E-state index is 0.0137. The van der Waals surface area contributed by atoms with Crippen LogP contribution in [0.15, 0.2) is 54.9 Å². The summed E-state index contributed by atoms with van der Waals surface area (Å²) < 4.78 is 0. The molecule has 4 rings (SSSR count). The molecule has 2 aliphatic rings. The third kappa shape index (κ3) is 3.51. The topological polar surface area (TPSA) is 36.4 Å². The van der Waals surface area contributed by atoms with E-state index < -0.39 is 0 Å². The first-order valence-electron chi connectivity index (χ1n) is 9.56. The molecule has 0 saturated carbocycles. The van der Waals surface area contributed by atoms with Crippen molar-refractivity contribution in [2.45, 2.75) is 31.7 Å². The maximum absolute atomic E-state index is 12.8. The van der Waals surface area contributed by atoms with Crippen molar-refractivity contribution in [1.82, 2.24) is 14.8 Å². The number of benzene rings is 1. The molecule has 1 spiro atoms. The molecule has 4 heteroatoms. The fourth-order valence-electron chi connectivity index (χ4n) is 4.68. The average Bonchev–Trinajstić information content (AvgIpc) is 2.68. The number of carbonyl (C=O) groups is 1. The first-order valence-corrected chi connectivity index (χ1v) is 9.56. The van der Waals surface area contributed by atoms with Gasteiger partial charge in [0.15, 0.2) is 0 Å². The normalized spacial score (nSPS) is 23.3. The molecule has 0 bridgehead atoms. The summed E-state index contributed by atoms with van der Waals surface area (Å²) in [5, 5.41) is 0. The quantitative estimate of drug-likeness (QED) is 0.853. The van der Waals surface area contributed by atoms with Gasteiger partial charge in [-0.1, -0.05) is 36.4 Å². The van der Waals surface area contributed by atoms with Crippen molar-refractivity contribution < 1.29 is 4.79 Å². The standard InChI is InChI=1S/C22H27N3O/c1-24-17-22(14-20(21(24)26)19-7-3-2-4-8-19)9-12-25(13-10-22)16-18-6-5-11-23-15-18/h2-8,11,15,20H,9-10,12-14,16-17H2,1H3. The van der Waals surface area contributed by atoms with Crippen LogP contribution in [0.3, 0.4) is 0 Å². The minimum absolute atomic E-state index is 0.0137. The molecule has 2 saturated heterocycles. The van der Waals surface area contributed by atoms with Crippen LogP contribution in [-0.2, 0) is 11.3 Å². The van der Waals surface area contributed by atoms with Crippen LogP contribution in [0.5, 0.6) is 0 Å². The first-order chi connectivity index (χ1) is 12.7. The van der Waals surface area contributed by atoms with Gasteiger partial charge in [0, 0.05) is 32.5 Å². The highest BCUT2D eigenvalue weighted by Gasteiger charge is 2.44. The van der Waals surface area contributed by atoms with Gasteiger partial charge in [-0.2, -0.15) is 0 Å². The molecule has 2 aliphatic heterocycles. The zero-order valence-corrected chi connectivity index (χ0v) is 15.5. The summed E-state index contributed by atoms with van der Waals surface area (Å²) >= 11 is 0. The van der Waals surface area contributed by atoms with Gasteiger partial charge in [-0.3, -0.25) is 14.7 Å². The molecule has 4 nitrogen and oxygen atoms in total. The Balaban J connectivity index is 1.45. The molecule has 0 aliphatic carbocycles. The van der Waals surface area contributed by atoms with E-state index in [-0.39, 0.29) is 17.2 Å². The van der Waals surface area contributed by atoms with Crippen LogP contribution < -0.4 is 0 Å². The van der Waals surface area contributed by atoms with Gasteiger partial charge in [-0.15, -0.1) is 0 Å². The van der Waals surface area contributed by atoms with Crippen LogP contribution >= 0.6 is 0 Å². The van der Waals surface area contributed by atoms with Crippen LogP contribution in [0.4, 0.5) is 0 Å². The number of hydrogen-bond donors (Lipinski definition) is 0. The third-order valence-corrected chi connectivity index (χ3v) is 6.13. The number of pyridine rings is 1. The summed E-state index contributed by atoms with van der Waals surface area (Å²) in [6.45, 7) is 4.06. The van der Waals surface area contributed by atoms with Crippen LogP contribution in [0, 0.1) is 5.41 Å². The first kappa shape index (κ1) is 17.2. The molecule has 1 aromatic heterocycles. The van der Waals surface area contributed by atoms with Gasteiger partial charge >= 0.3 is 0 Å². The molecule has 3 heterocycles. The van der Waals surface area contributed by atoms with Gasteiger partial charge in [0.1, 0.15) is 0 Å². The van der Waals surface area contributed by atoms with E-state index in [1.165, 1.54) is 11.1 Å². The zero-order valence-electron chi connectivity index (χ0n) is 15.5. The second-order valence-electron chi connectivity index (χ2n) is 8.00. The predicted molar refractivity (Wildman–Crippen MR) is 103 cm³/mol. The highest BCUT2D eigenvalue weighted by molar-refractivity contribution is 5.84. The van der Waals surface area contributed by atoms with Crippen LogP contribution in [0.25, 0.3) is 0 Å². The Kier molecular flexibility index (Phi) is 4.77. The summed E-state index contributed by atoms with van der Waals surface area (Å²) in [7, 11) is 1.97. The number of nitrogens with zero attached hydrogens (tertiary/aromatic N) is 3. The minimum Gasteiger partial charge on any atom is -0.345 e. The lowest BCUT2D eigenvalue weighted by atomic mass is 9.67. The Hall–Kier alpha value is -2.20. The molecule has 1 unspecified atom stereocenters.